The molecule has 94 valence electrons. The van der Waals surface area contributed by atoms with Crippen LogP contribution in [-0.2, 0) is 6.42 Å². The molecule has 0 aliphatic carbocycles. The van der Waals surface area contributed by atoms with E-state index in [1.807, 2.05) is 18.2 Å². The fraction of sp³-hybridized carbons (Fsp3) is 0.250. The van der Waals surface area contributed by atoms with E-state index in [1.54, 1.807) is 14.2 Å². The molecule has 0 aliphatic rings. The molecule has 2 rings (SSSR count). The van der Waals surface area contributed by atoms with E-state index in [-0.39, 0.29) is 0 Å². The van der Waals surface area contributed by atoms with Crippen molar-refractivity contribution in [2.24, 2.45) is 0 Å². The van der Waals surface area contributed by atoms with Crippen molar-refractivity contribution in [2.75, 3.05) is 14.2 Å². The molecule has 0 unspecified atom stereocenters. The Hall–Kier alpha value is -1.96. The van der Waals surface area contributed by atoms with E-state index >= 15 is 0 Å². The van der Waals surface area contributed by atoms with Gasteiger partial charge < -0.3 is 9.47 Å². The molecule has 0 aromatic heterocycles. The fourth-order valence-corrected chi connectivity index (χ4v) is 1.96. The summed E-state index contributed by atoms with van der Waals surface area (Å²) in [6.45, 7) is 2.11. The number of hydrogen-bond donors (Lipinski definition) is 0. The van der Waals surface area contributed by atoms with Crippen LogP contribution in [0, 0.1) is 6.92 Å². The smallest absolute Gasteiger partial charge is 0.119 e. The second-order valence-electron chi connectivity index (χ2n) is 4.32. The van der Waals surface area contributed by atoms with E-state index in [9.17, 15) is 0 Å². The Bertz CT molecular complexity index is 515. The van der Waals surface area contributed by atoms with Crippen LogP contribution in [-0.4, -0.2) is 14.2 Å². The number of rotatable bonds is 4. The Morgan fingerprint density at radius 2 is 1.44 bits per heavy atom. The summed E-state index contributed by atoms with van der Waals surface area (Å²) in [6, 6.07) is 14.4. The second kappa shape index (κ2) is 5.58. The minimum absolute atomic E-state index is 0.894. The molecule has 0 saturated heterocycles. The van der Waals surface area contributed by atoms with Crippen molar-refractivity contribution in [3.05, 3.63) is 59.2 Å². The Morgan fingerprint density at radius 1 is 0.833 bits per heavy atom. The van der Waals surface area contributed by atoms with E-state index in [2.05, 4.69) is 31.2 Å². The predicted molar refractivity (Wildman–Crippen MR) is 73.5 cm³/mol. The number of aryl methyl sites for hydroxylation is 1. The molecule has 0 fully saturated rings. The highest BCUT2D eigenvalue weighted by Crippen LogP contribution is 2.20. The topological polar surface area (TPSA) is 18.5 Å². The first-order valence-corrected chi connectivity index (χ1v) is 5.99. The van der Waals surface area contributed by atoms with Gasteiger partial charge in [0.2, 0.25) is 0 Å². The first-order valence-electron chi connectivity index (χ1n) is 5.99. The van der Waals surface area contributed by atoms with E-state index in [1.165, 1.54) is 16.7 Å². The molecule has 0 atom stereocenters. The van der Waals surface area contributed by atoms with Crippen LogP contribution < -0.4 is 9.47 Å². The molecular formula is C16H18O2. The molecule has 0 aliphatic heterocycles. The highest BCUT2D eigenvalue weighted by Gasteiger charge is 2.02. The fourth-order valence-electron chi connectivity index (χ4n) is 1.96. The largest absolute Gasteiger partial charge is 0.497 e. The molecule has 0 saturated carbocycles. The van der Waals surface area contributed by atoms with Crippen LogP contribution in [0.4, 0.5) is 0 Å². The Kier molecular flexibility index (Phi) is 3.88. The van der Waals surface area contributed by atoms with E-state index in [4.69, 9.17) is 9.47 Å². The molecule has 18 heavy (non-hydrogen) atoms. The Balaban J connectivity index is 2.17. The lowest BCUT2D eigenvalue weighted by Gasteiger charge is -2.08. The molecule has 2 heteroatoms. The van der Waals surface area contributed by atoms with Gasteiger partial charge in [0.1, 0.15) is 11.5 Å². The molecule has 0 spiro atoms. The van der Waals surface area contributed by atoms with Gasteiger partial charge in [-0.05, 0) is 54.3 Å². The van der Waals surface area contributed by atoms with Crippen LogP contribution in [0.5, 0.6) is 11.5 Å². The normalized spacial score (nSPS) is 10.2. The van der Waals surface area contributed by atoms with E-state index in [0.717, 1.165) is 17.9 Å². The zero-order chi connectivity index (χ0) is 13.0. The van der Waals surface area contributed by atoms with Gasteiger partial charge in [-0.2, -0.15) is 0 Å². The van der Waals surface area contributed by atoms with Gasteiger partial charge in [-0.1, -0.05) is 18.2 Å². The van der Waals surface area contributed by atoms with Crippen LogP contribution in [0.15, 0.2) is 42.5 Å². The standard InChI is InChI=1S/C16H18O2/c1-12-10-16(18-3)9-6-14(12)11-13-4-7-15(17-2)8-5-13/h4-10H,11H2,1-3H3. The Morgan fingerprint density at radius 3 is 2.00 bits per heavy atom. The highest BCUT2D eigenvalue weighted by atomic mass is 16.5. The van der Waals surface area contributed by atoms with Gasteiger partial charge in [0.15, 0.2) is 0 Å². The third-order valence-electron chi connectivity index (χ3n) is 3.10. The second-order valence-corrected chi connectivity index (χ2v) is 4.32. The van der Waals surface area contributed by atoms with Crippen molar-refractivity contribution in [1.29, 1.82) is 0 Å². The van der Waals surface area contributed by atoms with Gasteiger partial charge in [-0.25, -0.2) is 0 Å². The van der Waals surface area contributed by atoms with Crippen LogP contribution in [0.3, 0.4) is 0 Å². The molecule has 0 heterocycles. The third-order valence-corrected chi connectivity index (χ3v) is 3.10. The summed E-state index contributed by atoms with van der Waals surface area (Å²) < 4.78 is 10.4. The summed E-state index contributed by atoms with van der Waals surface area (Å²) >= 11 is 0. The molecule has 0 bridgehead atoms. The first-order chi connectivity index (χ1) is 8.72. The van der Waals surface area contributed by atoms with Crippen molar-refractivity contribution in [1.82, 2.24) is 0 Å². The maximum Gasteiger partial charge on any atom is 0.119 e. The van der Waals surface area contributed by atoms with Crippen molar-refractivity contribution in [3.63, 3.8) is 0 Å². The third kappa shape index (κ3) is 2.83. The molecular weight excluding hydrogens is 224 g/mol. The van der Waals surface area contributed by atoms with E-state index < -0.39 is 0 Å². The van der Waals surface area contributed by atoms with Gasteiger partial charge >= 0.3 is 0 Å². The summed E-state index contributed by atoms with van der Waals surface area (Å²) in [5.41, 5.74) is 3.86. The highest BCUT2D eigenvalue weighted by molar-refractivity contribution is 5.38. The number of hydrogen-bond acceptors (Lipinski definition) is 2. The minimum atomic E-state index is 0.894. The van der Waals surface area contributed by atoms with Crippen molar-refractivity contribution in [2.45, 2.75) is 13.3 Å². The molecule has 2 aromatic carbocycles. The molecule has 0 amide bonds. The van der Waals surface area contributed by atoms with Gasteiger partial charge in [-0.15, -0.1) is 0 Å². The average Bonchev–Trinajstić information content (AvgIpc) is 2.42. The van der Waals surface area contributed by atoms with Gasteiger partial charge in [0.05, 0.1) is 14.2 Å². The van der Waals surface area contributed by atoms with Gasteiger partial charge in [-0.3, -0.25) is 0 Å². The first kappa shape index (κ1) is 12.5. The summed E-state index contributed by atoms with van der Waals surface area (Å²) in [6.07, 6.45) is 0.930. The molecule has 0 N–H and O–H groups in total. The zero-order valence-corrected chi connectivity index (χ0v) is 11.1. The molecule has 2 nitrogen and oxygen atoms in total. The monoisotopic (exact) mass is 242 g/mol. The lowest BCUT2D eigenvalue weighted by Crippen LogP contribution is -1.93. The molecule has 0 radical (unpaired) electrons. The summed E-state index contributed by atoms with van der Waals surface area (Å²) in [4.78, 5) is 0. The zero-order valence-electron chi connectivity index (χ0n) is 11.1. The quantitative estimate of drug-likeness (QED) is 0.815. The van der Waals surface area contributed by atoms with Crippen LogP contribution in [0.2, 0.25) is 0 Å². The summed E-state index contributed by atoms with van der Waals surface area (Å²) in [5, 5.41) is 0. The van der Waals surface area contributed by atoms with E-state index in [0.29, 0.717) is 0 Å². The SMILES string of the molecule is COc1ccc(Cc2ccc(OC)cc2C)cc1. The van der Waals surface area contributed by atoms with Gasteiger partial charge in [0, 0.05) is 0 Å². The molecule has 2 aromatic rings. The van der Waals surface area contributed by atoms with Crippen molar-refractivity contribution < 1.29 is 9.47 Å². The van der Waals surface area contributed by atoms with Crippen LogP contribution in [0.1, 0.15) is 16.7 Å². The van der Waals surface area contributed by atoms with Crippen LogP contribution >= 0.6 is 0 Å². The summed E-state index contributed by atoms with van der Waals surface area (Å²) in [7, 11) is 3.38. The summed E-state index contributed by atoms with van der Waals surface area (Å²) in [5.74, 6) is 1.80. The number of benzene rings is 2. The number of ether oxygens (including phenoxy) is 2. The van der Waals surface area contributed by atoms with Crippen molar-refractivity contribution in [3.8, 4) is 11.5 Å². The lowest BCUT2D eigenvalue weighted by atomic mass is 10.0. The number of methoxy groups -OCH3 is 2. The maximum absolute atomic E-state index is 5.21. The lowest BCUT2D eigenvalue weighted by molar-refractivity contribution is 0.414. The van der Waals surface area contributed by atoms with Gasteiger partial charge in [0.25, 0.3) is 0 Å². The minimum Gasteiger partial charge on any atom is -0.497 e. The predicted octanol–water partition coefficient (Wildman–Crippen LogP) is 3.60. The van der Waals surface area contributed by atoms with Crippen LogP contribution in [0.25, 0.3) is 0 Å². The maximum atomic E-state index is 5.21. The Labute approximate surface area is 108 Å². The van der Waals surface area contributed by atoms with Crippen molar-refractivity contribution >= 4 is 0 Å². The average molecular weight is 242 g/mol.